The molecule has 0 bridgehead atoms. The first-order valence-electron chi connectivity index (χ1n) is 6.68. The normalized spacial score (nSPS) is 48.0. The fourth-order valence-corrected chi connectivity index (χ4v) is 4.30. The van der Waals surface area contributed by atoms with Gasteiger partial charge in [-0.15, -0.1) is 0 Å². The zero-order chi connectivity index (χ0) is 9.38. The Labute approximate surface area is 87.7 Å². The van der Waals surface area contributed by atoms with Gasteiger partial charge in [0, 0.05) is 6.04 Å². The summed E-state index contributed by atoms with van der Waals surface area (Å²) in [6, 6.07) is 0.919. The van der Waals surface area contributed by atoms with Crippen molar-refractivity contribution in [2.24, 2.45) is 17.8 Å². The van der Waals surface area contributed by atoms with Crippen molar-refractivity contribution in [1.29, 1.82) is 0 Å². The topological polar surface area (TPSA) is 12.0 Å². The number of rotatable bonds is 0. The van der Waals surface area contributed by atoms with E-state index >= 15 is 0 Å². The lowest BCUT2D eigenvalue weighted by molar-refractivity contribution is 0.0618. The molecule has 0 aromatic rings. The second-order valence-electron chi connectivity index (χ2n) is 5.67. The highest BCUT2D eigenvalue weighted by molar-refractivity contribution is 4.95. The molecule has 0 radical (unpaired) electrons. The molecule has 1 saturated heterocycles. The Hall–Kier alpha value is -0.0400. The zero-order valence-corrected chi connectivity index (χ0v) is 9.17. The maximum atomic E-state index is 3.82. The average Bonchev–Trinajstić information content (AvgIpc) is 2.29. The van der Waals surface area contributed by atoms with Crippen LogP contribution in [0.2, 0.25) is 0 Å². The molecular weight excluding hydrogens is 170 g/mol. The smallest absolute Gasteiger partial charge is 0.0126 e. The number of hydrogen-bond acceptors (Lipinski definition) is 1. The van der Waals surface area contributed by atoms with E-state index in [2.05, 4.69) is 5.32 Å². The highest BCUT2D eigenvalue weighted by atomic mass is 14.9. The first-order valence-corrected chi connectivity index (χ1v) is 6.68. The maximum Gasteiger partial charge on any atom is 0.0126 e. The summed E-state index contributed by atoms with van der Waals surface area (Å²) in [7, 11) is 0. The molecule has 1 heterocycles. The predicted molar refractivity (Wildman–Crippen MR) is 59.2 cm³/mol. The van der Waals surface area contributed by atoms with Crippen LogP contribution in [0.1, 0.15) is 51.4 Å². The summed E-state index contributed by atoms with van der Waals surface area (Å²) >= 11 is 0. The lowest BCUT2D eigenvalue weighted by atomic mass is 9.63. The van der Waals surface area contributed by atoms with E-state index in [1.54, 1.807) is 6.42 Å². The SMILES string of the molecule is C1CCC2C(C1)CCC1CCCNC12. The monoisotopic (exact) mass is 193 g/mol. The fourth-order valence-electron chi connectivity index (χ4n) is 4.30. The molecule has 3 rings (SSSR count). The van der Waals surface area contributed by atoms with Crippen molar-refractivity contribution in [3.63, 3.8) is 0 Å². The Morgan fingerprint density at radius 1 is 0.714 bits per heavy atom. The van der Waals surface area contributed by atoms with Crippen LogP contribution < -0.4 is 5.32 Å². The van der Waals surface area contributed by atoms with Crippen molar-refractivity contribution in [1.82, 2.24) is 5.32 Å². The van der Waals surface area contributed by atoms with Crippen LogP contribution in [0, 0.1) is 17.8 Å². The highest BCUT2D eigenvalue weighted by Gasteiger charge is 2.40. The van der Waals surface area contributed by atoms with Gasteiger partial charge in [0.05, 0.1) is 0 Å². The average molecular weight is 193 g/mol. The molecule has 2 saturated carbocycles. The van der Waals surface area contributed by atoms with E-state index in [9.17, 15) is 0 Å². The zero-order valence-electron chi connectivity index (χ0n) is 9.17. The van der Waals surface area contributed by atoms with E-state index in [4.69, 9.17) is 0 Å². The van der Waals surface area contributed by atoms with E-state index in [-0.39, 0.29) is 0 Å². The minimum Gasteiger partial charge on any atom is -0.313 e. The van der Waals surface area contributed by atoms with Crippen molar-refractivity contribution >= 4 is 0 Å². The van der Waals surface area contributed by atoms with E-state index in [0.717, 1.165) is 23.8 Å². The summed E-state index contributed by atoms with van der Waals surface area (Å²) in [4.78, 5) is 0. The van der Waals surface area contributed by atoms with Gasteiger partial charge in [-0.2, -0.15) is 0 Å². The molecule has 2 aliphatic carbocycles. The van der Waals surface area contributed by atoms with Crippen LogP contribution in [0.25, 0.3) is 0 Å². The Balaban J connectivity index is 1.74. The van der Waals surface area contributed by atoms with Crippen molar-refractivity contribution in [3.8, 4) is 0 Å². The van der Waals surface area contributed by atoms with Crippen LogP contribution in [0.4, 0.5) is 0 Å². The van der Waals surface area contributed by atoms with Crippen molar-refractivity contribution in [3.05, 3.63) is 0 Å². The lowest BCUT2D eigenvalue weighted by Crippen LogP contribution is -2.52. The molecule has 3 fully saturated rings. The third kappa shape index (κ3) is 1.50. The Bertz CT molecular complexity index is 179. The van der Waals surface area contributed by atoms with Crippen LogP contribution in [-0.4, -0.2) is 12.6 Å². The third-order valence-electron chi connectivity index (χ3n) is 4.98. The Morgan fingerprint density at radius 2 is 1.50 bits per heavy atom. The quantitative estimate of drug-likeness (QED) is 0.623. The molecule has 1 nitrogen and oxygen atoms in total. The summed E-state index contributed by atoms with van der Waals surface area (Å²) in [5, 5.41) is 3.82. The Kier molecular flexibility index (Phi) is 2.53. The summed E-state index contributed by atoms with van der Waals surface area (Å²) in [6.07, 6.45) is 12.1. The van der Waals surface area contributed by atoms with Crippen molar-refractivity contribution in [2.75, 3.05) is 6.54 Å². The highest BCUT2D eigenvalue weighted by Crippen LogP contribution is 2.44. The molecule has 0 spiro atoms. The van der Waals surface area contributed by atoms with Crippen molar-refractivity contribution in [2.45, 2.75) is 57.4 Å². The molecule has 1 N–H and O–H groups in total. The van der Waals surface area contributed by atoms with Crippen molar-refractivity contribution < 1.29 is 0 Å². The molecule has 1 heteroatoms. The first-order chi connectivity index (χ1) is 6.95. The minimum atomic E-state index is 0.919. The van der Waals surface area contributed by atoms with E-state index in [1.807, 2.05) is 0 Å². The molecule has 1 aliphatic heterocycles. The summed E-state index contributed by atoms with van der Waals surface area (Å²) in [5.41, 5.74) is 0. The van der Waals surface area contributed by atoms with E-state index < -0.39 is 0 Å². The lowest BCUT2D eigenvalue weighted by Gasteiger charge is -2.48. The standard InChI is InChI=1S/C13H23N/c1-2-6-12-10(4-1)7-8-11-5-3-9-14-13(11)12/h10-14H,1-9H2. The summed E-state index contributed by atoms with van der Waals surface area (Å²) in [6.45, 7) is 1.30. The number of nitrogens with one attached hydrogen (secondary N) is 1. The second-order valence-corrected chi connectivity index (χ2v) is 5.67. The van der Waals surface area contributed by atoms with Gasteiger partial charge in [-0.25, -0.2) is 0 Å². The van der Waals surface area contributed by atoms with Crippen LogP contribution in [0.15, 0.2) is 0 Å². The maximum absolute atomic E-state index is 3.82. The van der Waals surface area contributed by atoms with Gasteiger partial charge >= 0.3 is 0 Å². The van der Waals surface area contributed by atoms with Gasteiger partial charge in [0.2, 0.25) is 0 Å². The fraction of sp³-hybridized carbons (Fsp3) is 1.00. The molecule has 4 unspecified atom stereocenters. The van der Waals surface area contributed by atoms with Crippen LogP contribution in [0.5, 0.6) is 0 Å². The molecular formula is C13H23N. The van der Waals surface area contributed by atoms with Gasteiger partial charge in [-0.05, 0) is 56.4 Å². The largest absolute Gasteiger partial charge is 0.313 e. The van der Waals surface area contributed by atoms with Gasteiger partial charge in [0.1, 0.15) is 0 Å². The summed E-state index contributed by atoms with van der Waals surface area (Å²) < 4.78 is 0. The number of hydrogen-bond donors (Lipinski definition) is 1. The predicted octanol–water partition coefficient (Wildman–Crippen LogP) is 2.95. The second kappa shape index (κ2) is 3.84. The van der Waals surface area contributed by atoms with Gasteiger partial charge in [-0.1, -0.05) is 19.3 Å². The molecule has 4 atom stereocenters. The molecule has 14 heavy (non-hydrogen) atoms. The van der Waals surface area contributed by atoms with Gasteiger partial charge in [-0.3, -0.25) is 0 Å². The first kappa shape index (κ1) is 9.21. The van der Waals surface area contributed by atoms with Crippen LogP contribution >= 0.6 is 0 Å². The van der Waals surface area contributed by atoms with E-state index in [1.165, 1.54) is 51.5 Å². The van der Waals surface area contributed by atoms with Gasteiger partial charge in [0.25, 0.3) is 0 Å². The summed E-state index contributed by atoms with van der Waals surface area (Å²) in [5.74, 6) is 3.20. The number of piperidine rings is 1. The van der Waals surface area contributed by atoms with Gasteiger partial charge < -0.3 is 5.32 Å². The molecule has 0 aromatic carbocycles. The number of fused-ring (bicyclic) bond motifs is 3. The molecule has 0 amide bonds. The minimum absolute atomic E-state index is 0.919. The van der Waals surface area contributed by atoms with Crippen LogP contribution in [-0.2, 0) is 0 Å². The molecule has 0 aromatic heterocycles. The van der Waals surface area contributed by atoms with E-state index in [0.29, 0.717) is 0 Å². The third-order valence-corrected chi connectivity index (χ3v) is 4.98. The Morgan fingerprint density at radius 3 is 2.50 bits per heavy atom. The molecule has 3 aliphatic rings. The molecule has 80 valence electrons. The van der Waals surface area contributed by atoms with Gasteiger partial charge in [0.15, 0.2) is 0 Å². The van der Waals surface area contributed by atoms with Crippen LogP contribution in [0.3, 0.4) is 0 Å².